The van der Waals surface area contributed by atoms with Crippen LogP contribution in [0.25, 0.3) is 0 Å². The molecule has 1 saturated carbocycles. The molecule has 5 nitrogen and oxygen atoms in total. The van der Waals surface area contributed by atoms with Crippen molar-refractivity contribution in [1.29, 1.82) is 0 Å². The highest BCUT2D eigenvalue weighted by Crippen LogP contribution is 2.38. The molecular formula is C14H25ClN4O. The predicted octanol–water partition coefficient (Wildman–Crippen LogP) is 2.51. The van der Waals surface area contributed by atoms with Gasteiger partial charge in [0.25, 0.3) is 0 Å². The maximum atomic E-state index is 6.33. The van der Waals surface area contributed by atoms with Crippen LogP contribution in [0.2, 0.25) is 5.02 Å². The van der Waals surface area contributed by atoms with Crippen molar-refractivity contribution >= 4 is 11.6 Å². The van der Waals surface area contributed by atoms with E-state index in [-0.39, 0.29) is 6.04 Å². The summed E-state index contributed by atoms with van der Waals surface area (Å²) >= 11 is 6.33. The summed E-state index contributed by atoms with van der Waals surface area (Å²) in [5.74, 6) is 7.09. The molecule has 3 N–H and O–H groups in total. The van der Waals surface area contributed by atoms with E-state index in [9.17, 15) is 0 Å². The van der Waals surface area contributed by atoms with Gasteiger partial charge >= 0.3 is 0 Å². The molecule has 0 aliphatic heterocycles. The van der Waals surface area contributed by atoms with Crippen molar-refractivity contribution in [2.75, 3.05) is 13.7 Å². The summed E-state index contributed by atoms with van der Waals surface area (Å²) in [6.07, 6.45) is 6.63. The summed E-state index contributed by atoms with van der Waals surface area (Å²) in [7, 11) is 1.69. The van der Waals surface area contributed by atoms with Crippen molar-refractivity contribution in [3.8, 4) is 0 Å². The third-order valence-electron chi connectivity index (χ3n) is 4.26. The van der Waals surface area contributed by atoms with Gasteiger partial charge in [-0.05, 0) is 24.7 Å². The third kappa shape index (κ3) is 3.52. The summed E-state index contributed by atoms with van der Waals surface area (Å²) in [5.41, 5.74) is 3.96. The van der Waals surface area contributed by atoms with Crippen molar-refractivity contribution in [2.24, 2.45) is 17.7 Å². The lowest BCUT2D eigenvalue weighted by molar-refractivity contribution is 0.176. The highest BCUT2D eigenvalue weighted by Gasteiger charge is 2.30. The Morgan fingerprint density at radius 1 is 1.60 bits per heavy atom. The molecule has 0 amide bonds. The summed E-state index contributed by atoms with van der Waals surface area (Å²) in [5, 5.41) is 5.03. The maximum absolute atomic E-state index is 6.33. The first-order chi connectivity index (χ1) is 9.67. The Kier molecular flexibility index (Phi) is 5.84. The fraction of sp³-hybridized carbons (Fsp3) is 0.786. The van der Waals surface area contributed by atoms with Crippen LogP contribution in [0.3, 0.4) is 0 Å². The van der Waals surface area contributed by atoms with E-state index in [0.717, 1.165) is 11.6 Å². The maximum Gasteiger partial charge on any atom is 0.0834 e. The molecule has 3 atom stereocenters. The van der Waals surface area contributed by atoms with Gasteiger partial charge in [-0.25, -0.2) is 0 Å². The monoisotopic (exact) mass is 300 g/mol. The number of aromatic nitrogens is 2. The summed E-state index contributed by atoms with van der Waals surface area (Å²) in [4.78, 5) is 0. The molecule has 6 heteroatoms. The van der Waals surface area contributed by atoms with Gasteiger partial charge in [-0.3, -0.25) is 16.0 Å². The minimum atomic E-state index is 0.0598. The molecule has 0 spiro atoms. The minimum Gasteiger partial charge on any atom is -0.383 e. The van der Waals surface area contributed by atoms with Crippen LogP contribution in [0.15, 0.2) is 6.20 Å². The minimum absolute atomic E-state index is 0.0598. The van der Waals surface area contributed by atoms with Gasteiger partial charge in [-0.15, -0.1) is 0 Å². The summed E-state index contributed by atoms with van der Waals surface area (Å²) < 4.78 is 7.04. The fourth-order valence-electron chi connectivity index (χ4n) is 3.26. The van der Waals surface area contributed by atoms with Crippen LogP contribution in [0.5, 0.6) is 0 Å². The largest absolute Gasteiger partial charge is 0.383 e. The molecule has 0 saturated heterocycles. The first-order valence-electron chi connectivity index (χ1n) is 7.33. The van der Waals surface area contributed by atoms with Crippen LogP contribution in [-0.4, -0.2) is 23.5 Å². The SMILES string of the molecule is COCCn1ncc(Cl)c1C(NN)C1CCCC(C)C1. The lowest BCUT2D eigenvalue weighted by Gasteiger charge is -2.33. The molecule has 20 heavy (non-hydrogen) atoms. The average molecular weight is 301 g/mol. The Hall–Kier alpha value is -0.620. The topological polar surface area (TPSA) is 65.1 Å². The molecule has 3 unspecified atom stereocenters. The van der Waals surface area contributed by atoms with E-state index in [0.29, 0.717) is 24.1 Å². The second kappa shape index (κ2) is 7.41. The molecule has 0 aromatic carbocycles. The van der Waals surface area contributed by atoms with Gasteiger partial charge in [0.15, 0.2) is 0 Å². The molecule has 2 rings (SSSR count). The van der Waals surface area contributed by atoms with Crippen LogP contribution in [0, 0.1) is 11.8 Å². The highest BCUT2D eigenvalue weighted by atomic mass is 35.5. The number of methoxy groups -OCH3 is 1. The molecule has 1 aliphatic carbocycles. The molecule has 114 valence electrons. The smallest absolute Gasteiger partial charge is 0.0834 e. The van der Waals surface area contributed by atoms with Crippen molar-refractivity contribution in [2.45, 2.75) is 45.2 Å². The first-order valence-corrected chi connectivity index (χ1v) is 7.71. The number of hydrogen-bond acceptors (Lipinski definition) is 4. The predicted molar refractivity (Wildman–Crippen MR) is 80.3 cm³/mol. The van der Waals surface area contributed by atoms with Crippen LogP contribution >= 0.6 is 11.6 Å². The zero-order valence-corrected chi connectivity index (χ0v) is 13.1. The van der Waals surface area contributed by atoms with E-state index >= 15 is 0 Å². The van der Waals surface area contributed by atoms with Gasteiger partial charge in [-0.2, -0.15) is 5.10 Å². The second-order valence-electron chi connectivity index (χ2n) is 5.77. The third-order valence-corrected chi connectivity index (χ3v) is 4.55. The zero-order chi connectivity index (χ0) is 14.5. The van der Waals surface area contributed by atoms with E-state index in [2.05, 4.69) is 17.4 Å². The molecule has 1 fully saturated rings. The molecule has 0 radical (unpaired) electrons. The highest BCUT2D eigenvalue weighted by molar-refractivity contribution is 6.31. The lowest BCUT2D eigenvalue weighted by Crippen LogP contribution is -2.37. The van der Waals surface area contributed by atoms with E-state index < -0.39 is 0 Å². The molecule has 1 aromatic heterocycles. The quantitative estimate of drug-likeness (QED) is 0.626. The summed E-state index contributed by atoms with van der Waals surface area (Å²) in [6, 6.07) is 0.0598. The number of ether oxygens (including phenoxy) is 1. The van der Waals surface area contributed by atoms with Gasteiger partial charge in [0.2, 0.25) is 0 Å². The van der Waals surface area contributed by atoms with Crippen molar-refractivity contribution in [3.05, 3.63) is 16.9 Å². The normalized spacial score (nSPS) is 24.8. The number of hydrazine groups is 1. The van der Waals surface area contributed by atoms with E-state index in [1.165, 1.54) is 25.7 Å². The Balaban J connectivity index is 2.19. The van der Waals surface area contributed by atoms with Crippen LogP contribution in [0.4, 0.5) is 0 Å². The standard InChI is InChI=1S/C14H25ClN4O/c1-10-4-3-5-11(8-10)13(18-16)14-12(15)9-17-19(14)6-7-20-2/h9-11,13,18H,3-8,16H2,1-2H3. The van der Waals surface area contributed by atoms with E-state index in [1.807, 2.05) is 4.68 Å². The van der Waals surface area contributed by atoms with Crippen LogP contribution in [-0.2, 0) is 11.3 Å². The van der Waals surface area contributed by atoms with Gasteiger partial charge in [-0.1, -0.05) is 31.4 Å². The van der Waals surface area contributed by atoms with Crippen LogP contribution in [0.1, 0.15) is 44.3 Å². The average Bonchev–Trinajstić information content (AvgIpc) is 2.79. The molecular weight excluding hydrogens is 276 g/mol. The van der Waals surface area contributed by atoms with Crippen molar-refractivity contribution in [1.82, 2.24) is 15.2 Å². The van der Waals surface area contributed by atoms with E-state index in [1.54, 1.807) is 13.3 Å². The molecule has 0 bridgehead atoms. The first kappa shape index (κ1) is 15.8. The number of nitrogens with two attached hydrogens (primary N) is 1. The van der Waals surface area contributed by atoms with Crippen molar-refractivity contribution in [3.63, 3.8) is 0 Å². The van der Waals surface area contributed by atoms with E-state index in [4.69, 9.17) is 22.2 Å². The fourth-order valence-corrected chi connectivity index (χ4v) is 3.52. The molecule has 1 heterocycles. The lowest BCUT2D eigenvalue weighted by atomic mass is 9.78. The number of rotatable bonds is 6. The molecule has 1 aliphatic rings. The van der Waals surface area contributed by atoms with Gasteiger partial charge in [0.1, 0.15) is 0 Å². The number of nitrogens with zero attached hydrogens (tertiary/aromatic N) is 2. The summed E-state index contributed by atoms with van der Waals surface area (Å²) in [6.45, 7) is 3.62. The molecule has 1 aromatic rings. The van der Waals surface area contributed by atoms with Crippen LogP contribution < -0.4 is 11.3 Å². The zero-order valence-electron chi connectivity index (χ0n) is 12.3. The van der Waals surface area contributed by atoms with Gasteiger partial charge in [0.05, 0.1) is 36.1 Å². The van der Waals surface area contributed by atoms with Gasteiger partial charge in [0, 0.05) is 7.11 Å². The Bertz CT molecular complexity index is 423. The number of halogens is 1. The Morgan fingerprint density at radius 3 is 3.05 bits per heavy atom. The Labute approximate surface area is 125 Å². The van der Waals surface area contributed by atoms with Gasteiger partial charge < -0.3 is 4.74 Å². The second-order valence-corrected chi connectivity index (χ2v) is 6.18. The number of hydrogen-bond donors (Lipinski definition) is 2. The number of nitrogens with one attached hydrogen (secondary N) is 1. The van der Waals surface area contributed by atoms with Crippen molar-refractivity contribution < 1.29 is 4.74 Å². The Morgan fingerprint density at radius 2 is 2.40 bits per heavy atom.